The van der Waals surface area contributed by atoms with Gasteiger partial charge in [0, 0.05) is 19.6 Å². The quantitative estimate of drug-likeness (QED) is 0.786. The molecule has 0 saturated carbocycles. The maximum atomic E-state index is 5.74. The van der Waals surface area contributed by atoms with E-state index in [0.717, 1.165) is 19.6 Å². The average molecular weight is 266 g/mol. The maximum absolute atomic E-state index is 5.74. The molecule has 0 aliphatic carbocycles. The summed E-state index contributed by atoms with van der Waals surface area (Å²) < 4.78 is 0. The van der Waals surface area contributed by atoms with E-state index in [2.05, 4.69) is 59.8 Å². The smallest absolute Gasteiger partial charge is 0.231 e. The molecule has 0 aromatic carbocycles. The van der Waals surface area contributed by atoms with Crippen molar-refractivity contribution in [3.05, 3.63) is 0 Å². The van der Waals surface area contributed by atoms with Crippen LogP contribution in [0.25, 0.3) is 0 Å². The zero-order chi connectivity index (χ0) is 14.4. The van der Waals surface area contributed by atoms with Crippen molar-refractivity contribution >= 4 is 17.8 Å². The normalized spacial score (nSPS) is 12.5. The molecule has 1 aromatic heterocycles. The van der Waals surface area contributed by atoms with Crippen molar-refractivity contribution in [3.8, 4) is 0 Å². The molecule has 6 nitrogen and oxygen atoms in total. The molecule has 19 heavy (non-hydrogen) atoms. The number of nitrogen functional groups attached to an aromatic ring is 1. The standard InChI is InChI=1S/C13H26N6/c1-6-19(7-2)13-17-11(14)16-12(18-13)15-8-10(5)9(3)4/h9-10H,6-8H2,1-5H3,(H3,14,15,16,17,18). The van der Waals surface area contributed by atoms with E-state index in [-0.39, 0.29) is 5.95 Å². The zero-order valence-corrected chi connectivity index (χ0v) is 12.6. The van der Waals surface area contributed by atoms with E-state index < -0.39 is 0 Å². The van der Waals surface area contributed by atoms with Crippen LogP contribution in [0.15, 0.2) is 0 Å². The molecule has 1 aromatic rings. The first-order chi connectivity index (χ1) is 8.97. The van der Waals surface area contributed by atoms with Crippen molar-refractivity contribution in [1.29, 1.82) is 0 Å². The summed E-state index contributed by atoms with van der Waals surface area (Å²) >= 11 is 0. The molecule has 0 radical (unpaired) electrons. The van der Waals surface area contributed by atoms with Crippen LogP contribution in [-0.2, 0) is 0 Å². The Morgan fingerprint density at radius 3 is 2.26 bits per heavy atom. The van der Waals surface area contributed by atoms with E-state index >= 15 is 0 Å². The summed E-state index contributed by atoms with van der Waals surface area (Å²) in [7, 11) is 0. The maximum Gasteiger partial charge on any atom is 0.231 e. The van der Waals surface area contributed by atoms with Crippen LogP contribution in [0.2, 0.25) is 0 Å². The van der Waals surface area contributed by atoms with E-state index in [4.69, 9.17) is 5.73 Å². The molecule has 1 heterocycles. The highest BCUT2D eigenvalue weighted by molar-refractivity contribution is 5.41. The minimum atomic E-state index is 0.261. The third kappa shape index (κ3) is 4.54. The van der Waals surface area contributed by atoms with Gasteiger partial charge in [-0.2, -0.15) is 15.0 Å². The van der Waals surface area contributed by atoms with Crippen LogP contribution in [0.5, 0.6) is 0 Å². The lowest BCUT2D eigenvalue weighted by molar-refractivity contribution is 0.439. The Morgan fingerprint density at radius 1 is 1.11 bits per heavy atom. The Bertz CT molecular complexity index is 389. The number of rotatable bonds is 7. The molecule has 1 unspecified atom stereocenters. The minimum Gasteiger partial charge on any atom is -0.368 e. The predicted molar refractivity (Wildman–Crippen MR) is 80.3 cm³/mol. The van der Waals surface area contributed by atoms with Crippen LogP contribution in [0.1, 0.15) is 34.6 Å². The van der Waals surface area contributed by atoms with Crippen molar-refractivity contribution in [2.75, 3.05) is 35.6 Å². The number of nitrogens with one attached hydrogen (secondary N) is 1. The van der Waals surface area contributed by atoms with Gasteiger partial charge >= 0.3 is 0 Å². The summed E-state index contributed by atoms with van der Waals surface area (Å²) in [6.07, 6.45) is 0. The number of nitrogens with zero attached hydrogens (tertiary/aromatic N) is 4. The van der Waals surface area contributed by atoms with Crippen LogP contribution >= 0.6 is 0 Å². The predicted octanol–water partition coefficient (Wildman–Crippen LogP) is 2.00. The second kappa shape index (κ2) is 7.11. The Kier molecular flexibility index (Phi) is 5.79. The molecule has 0 aliphatic heterocycles. The highest BCUT2D eigenvalue weighted by Gasteiger charge is 2.11. The molecule has 0 spiro atoms. The summed E-state index contributed by atoms with van der Waals surface area (Å²) in [4.78, 5) is 14.8. The molecule has 0 fully saturated rings. The summed E-state index contributed by atoms with van der Waals surface area (Å²) in [6, 6.07) is 0. The van der Waals surface area contributed by atoms with Gasteiger partial charge in [0.15, 0.2) is 0 Å². The number of hydrogen-bond acceptors (Lipinski definition) is 6. The molecule has 0 aliphatic rings. The van der Waals surface area contributed by atoms with Crippen molar-refractivity contribution in [2.24, 2.45) is 11.8 Å². The molecule has 3 N–H and O–H groups in total. The third-order valence-corrected chi connectivity index (χ3v) is 3.41. The van der Waals surface area contributed by atoms with Crippen LogP contribution in [0.4, 0.5) is 17.8 Å². The first-order valence-electron chi connectivity index (χ1n) is 6.98. The fraction of sp³-hybridized carbons (Fsp3) is 0.769. The van der Waals surface area contributed by atoms with Gasteiger partial charge in [-0.25, -0.2) is 0 Å². The fourth-order valence-corrected chi connectivity index (χ4v) is 1.60. The van der Waals surface area contributed by atoms with E-state index in [1.54, 1.807) is 0 Å². The number of nitrogens with two attached hydrogens (primary N) is 1. The van der Waals surface area contributed by atoms with E-state index in [1.807, 2.05) is 0 Å². The van der Waals surface area contributed by atoms with Crippen molar-refractivity contribution in [1.82, 2.24) is 15.0 Å². The highest BCUT2D eigenvalue weighted by atomic mass is 15.3. The number of hydrogen-bond donors (Lipinski definition) is 2. The second-order valence-corrected chi connectivity index (χ2v) is 5.09. The van der Waals surface area contributed by atoms with Gasteiger partial charge in [-0.1, -0.05) is 20.8 Å². The molecule has 1 atom stereocenters. The van der Waals surface area contributed by atoms with Gasteiger partial charge in [0.1, 0.15) is 0 Å². The molecule has 0 amide bonds. The third-order valence-electron chi connectivity index (χ3n) is 3.41. The largest absolute Gasteiger partial charge is 0.368 e. The van der Waals surface area contributed by atoms with Gasteiger partial charge in [-0.15, -0.1) is 0 Å². The number of aromatic nitrogens is 3. The fourth-order valence-electron chi connectivity index (χ4n) is 1.60. The van der Waals surface area contributed by atoms with Crippen LogP contribution in [0.3, 0.4) is 0 Å². The van der Waals surface area contributed by atoms with Gasteiger partial charge < -0.3 is 16.0 Å². The van der Waals surface area contributed by atoms with Gasteiger partial charge in [-0.3, -0.25) is 0 Å². The van der Waals surface area contributed by atoms with E-state index in [0.29, 0.717) is 23.7 Å². The monoisotopic (exact) mass is 266 g/mol. The summed E-state index contributed by atoms with van der Waals surface area (Å²) in [6.45, 7) is 13.3. The Morgan fingerprint density at radius 2 is 1.74 bits per heavy atom. The molecule has 6 heteroatoms. The average Bonchev–Trinajstić information content (AvgIpc) is 2.36. The number of anilines is 3. The highest BCUT2D eigenvalue weighted by Crippen LogP contribution is 2.14. The lowest BCUT2D eigenvalue weighted by Gasteiger charge is -2.20. The first-order valence-corrected chi connectivity index (χ1v) is 6.98. The second-order valence-electron chi connectivity index (χ2n) is 5.09. The van der Waals surface area contributed by atoms with Crippen molar-refractivity contribution < 1.29 is 0 Å². The minimum absolute atomic E-state index is 0.261. The summed E-state index contributed by atoms with van der Waals surface area (Å²) in [5, 5.41) is 3.24. The van der Waals surface area contributed by atoms with E-state index in [9.17, 15) is 0 Å². The van der Waals surface area contributed by atoms with Gasteiger partial charge in [0.05, 0.1) is 0 Å². The van der Waals surface area contributed by atoms with Gasteiger partial charge in [0.2, 0.25) is 17.8 Å². The van der Waals surface area contributed by atoms with Gasteiger partial charge in [0.25, 0.3) is 0 Å². The topological polar surface area (TPSA) is 80.0 Å². The molecule has 0 saturated heterocycles. The van der Waals surface area contributed by atoms with Gasteiger partial charge in [-0.05, 0) is 25.7 Å². The Labute approximate surface area is 115 Å². The van der Waals surface area contributed by atoms with Crippen LogP contribution in [-0.4, -0.2) is 34.6 Å². The molecular weight excluding hydrogens is 240 g/mol. The van der Waals surface area contributed by atoms with Crippen LogP contribution in [0, 0.1) is 11.8 Å². The van der Waals surface area contributed by atoms with Crippen LogP contribution < -0.4 is 16.0 Å². The van der Waals surface area contributed by atoms with Crippen molar-refractivity contribution in [2.45, 2.75) is 34.6 Å². The van der Waals surface area contributed by atoms with Crippen molar-refractivity contribution in [3.63, 3.8) is 0 Å². The first kappa shape index (κ1) is 15.5. The molecule has 0 bridgehead atoms. The SMILES string of the molecule is CCN(CC)c1nc(N)nc(NCC(C)C(C)C)n1. The summed E-state index contributed by atoms with van der Waals surface area (Å²) in [5.74, 6) is 2.62. The van der Waals surface area contributed by atoms with E-state index in [1.165, 1.54) is 0 Å². The Hall–Kier alpha value is -1.59. The zero-order valence-electron chi connectivity index (χ0n) is 12.6. The lowest BCUT2D eigenvalue weighted by atomic mass is 9.98. The Balaban J connectivity index is 2.79. The molecule has 108 valence electrons. The summed E-state index contributed by atoms with van der Waals surface area (Å²) in [5.41, 5.74) is 5.74. The molecule has 1 rings (SSSR count). The molecular formula is C13H26N6. The lowest BCUT2D eigenvalue weighted by Crippen LogP contribution is -2.26.